The number of hydrogen-bond donors (Lipinski definition) is 2. The summed E-state index contributed by atoms with van der Waals surface area (Å²) in [6.45, 7) is 1.68. The second-order valence-electron chi connectivity index (χ2n) is 4.38. The molecule has 0 aliphatic rings. The van der Waals surface area contributed by atoms with E-state index in [0.717, 1.165) is 10.0 Å². The van der Waals surface area contributed by atoms with Crippen molar-refractivity contribution in [1.82, 2.24) is 0 Å². The molecule has 0 aromatic heterocycles. The van der Waals surface area contributed by atoms with Gasteiger partial charge in [-0.3, -0.25) is 4.79 Å². The molecule has 6 heteroatoms. The lowest BCUT2D eigenvalue weighted by molar-refractivity contribution is 0.102. The Balaban J connectivity index is 2.23. The van der Waals surface area contributed by atoms with Gasteiger partial charge in [-0.2, -0.15) is 0 Å². The summed E-state index contributed by atoms with van der Waals surface area (Å²) in [5.74, 6) is -0.269. The number of nitrogens with zero attached hydrogens (tertiary/aromatic N) is 1. The number of nitrogens with one attached hydrogen (secondary N) is 1. The van der Waals surface area contributed by atoms with Gasteiger partial charge < -0.3 is 10.5 Å². The molecule has 0 saturated heterocycles. The SMILES string of the molecule is C/C(=N/O)c1cccc(NC(=O)c2cc(Cl)cc(Br)c2)c1. The Labute approximate surface area is 135 Å². The predicted octanol–water partition coefficient (Wildman–Crippen LogP) is 4.55. The van der Waals surface area contributed by atoms with Crippen LogP contribution in [0.2, 0.25) is 5.02 Å². The van der Waals surface area contributed by atoms with Crippen molar-refractivity contribution in [3.8, 4) is 0 Å². The summed E-state index contributed by atoms with van der Waals surface area (Å²) in [5.41, 5.74) is 2.25. The molecule has 4 nitrogen and oxygen atoms in total. The van der Waals surface area contributed by atoms with Crippen LogP contribution in [0.5, 0.6) is 0 Å². The molecule has 0 heterocycles. The first-order valence-electron chi connectivity index (χ1n) is 6.06. The van der Waals surface area contributed by atoms with Gasteiger partial charge in [0.2, 0.25) is 0 Å². The molecule has 1 amide bonds. The third kappa shape index (κ3) is 4.06. The monoisotopic (exact) mass is 366 g/mol. The first kappa shape index (κ1) is 15.5. The lowest BCUT2D eigenvalue weighted by Gasteiger charge is -2.08. The fraction of sp³-hybridized carbons (Fsp3) is 0.0667. The van der Waals surface area contributed by atoms with Crippen molar-refractivity contribution in [2.75, 3.05) is 5.32 Å². The van der Waals surface area contributed by atoms with Crippen molar-refractivity contribution < 1.29 is 10.0 Å². The lowest BCUT2D eigenvalue weighted by atomic mass is 10.1. The topological polar surface area (TPSA) is 61.7 Å². The Morgan fingerprint density at radius 2 is 2.00 bits per heavy atom. The molecule has 0 aliphatic heterocycles. The number of rotatable bonds is 3. The standard InChI is InChI=1S/C15H12BrClN2O2/c1-9(19-21)10-3-2-4-14(7-10)18-15(20)11-5-12(16)8-13(17)6-11/h2-8,21H,1H3,(H,18,20)/b19-9-. The summed E-state index contributed by atoms with van der Waals surface area (Å²) in [5, 5.41) is 15.2. The fourth-order valence-electron chi connectivity index (χ4n) is 1.77. The van der Waals surface area contributed by atoms with Crippen LogP contribution in [0, 0.1) is 0 Å². The Kier molecular flexibility index (Phi) is 4.98. The van der Waals surface area contributed by atoms with E-state index in [2.05, 4.69) is 26.4 Å². The third-order valence-electron chi connectivity index (χ3n) is 2.81. The van der Waals surface area contributed by atoms with Crippen molar-refractivity contribution in [3.05, 3.63) is 63.1 Å². The van der Waals surface area contributed by atoms with Crippen LogP contribution in [0.25, 0.3) is 0 Å². The first-order chi connectivity index (χ1) is 9.99. The number of carbonyl (C=O) groups excluding carboxylic acids is 1. The number of anilines is 1. The van der Waals surface area contributed by atoms with Crippen molar-refractivity contribution in [1.29, 1.82) is 0 Å². The molecule has 2 aromatic carbocycles. The van der Waals surface area contributed by atoms with Crippen LogP contribution >= 0.6 is 27.5 Å². The Morgan fingerprint density at radius 1 is 1.24 bits per heavy atom. The maximum Gasteiger partial charge on any atom is 0.255 e. The summed E-state index contributed by atoms with van der Waals surface area (Å²) < 4.78 is 0.733. The van der Waals surface area contributed by atoms with E-state index in [1.54, 1.807) is 49.4 Å². The highest BCUT2D eigenvalue weighted by atomic mass is 79.9. The van der Waals surface area contributed by atoms with Gasteiger partial charge in [-0.05, 0) is 37.3 Å². The van der Waals surface area contributed by atoms with E-state index < -0.39 is 0 Å². The van der Waals surface area contributed by atoms with Crippen LogP contribution in [0.1, 0.15) is 22.8 Å². The molecule has 0 aliphatic carbocycles. The van der Waals surface area contributed by atoms with E-state index in [1.807, 2.05) is 0 Å². The molecule has 2 N–H and O–H groups in total. The highest BCUT2D eigenvalue weighted by molar-refractivity contribution is 9.10. The van der Waals surface area contributed by atoms with Crippen LogP contribution in [0.4, 0.5) is 5.69 Å². The minimum Gasteiger partial charge on any atom is -0.411 e. The Morgan fingerprint density at radius 3 is 2.67 bits per heavy atom. The van der Waals surface area contributed by atoms with Crippen LogP contribution in [-0.4, -0.2) is 16.8 Å². The van der Waals surface area contributed by atoms with E-state index in [1.165, 1.54) is 0 Å². The van der Waals surface area contributed by atoms with E-state index in [9.17, 15) is 4.79 Å². The van der Waals surface area contributed by atoms with Gasteiger partial charge >= 0.3 is 0 Å². The first-order valence-corrected chi connectivity index (χ1v) is 7.23. The number of oxime groups is 1. The molecular formula is C15H12BrClN2O2. The lowest BCUT2D eigenvalue weighted by Crippen LogP contribution is -2.12. The molecule has 0 atom stereocenters. The number of benzene rings is 2. The summed E-state index contributed by atoms with van der Waals surface area (Å²) in [6.07, 6.45) is 0. The van der Waals surface area contributed by atoms with Crippen molar-refractivity contribution in [3.63, 3.8) is 0 Å². The summed E-state index contributed by atoms with van der Waals surface area (Å²) >= 11 is 9.23. The van der Waals surface area contributed by atoms with Crippen molar-refractivity contribution in [2.45, 2.75) is 6.92 Å². The minimum atomic E-state index is -0.269. The number of halogens is 2. The Bertz CT molecular complexity index is 696. The van der Waals surface area contributed by atoms with E-state index in [0.29, 0.717) is 22.0 Å². The minimum absolute atomic E-state index is 0.269. The number of carbonyl (C=O) groups is 1. The van der Waals surface area contributed by atoms with Gasteiger partial charge in [-0.1, -0.05) is 44.8 Å². The predicted molar refractivity (Wildman–Crippen MR) is 87.5 cm³/mol. The average molecular weight is 368 g/mol. The Hall–Kier alpha value is -1.85. The van der Waals surface area contributed by atoms with Gasteiger partial charge in [0.25, 0.3) is 5.91 Å². The summed E-state index contributed by atoms with van der Waals surface area (Å²) in [6, 6.07) is 12.0. The zero-order valence-corrected chi connectivity index (χ0v) is 13.4. The molecule has 2 rings (SSSR count). The number of amides is 1. The molecule has 21 heavy (non-hydrogen) atoms. The highest BCUT2D eigenvalue weighted by Gasteiger charge is 2.09. The molecule has 0 spiro atoms. The van der Waals surface area contributed by atoms with Gasteiger partial charge in [0, 0.05) is 26.3 Å². The summed E-state index contributed by atoms with van der Waals surface area (Å²) in [7, 11) is 0. The smallest absolute Gasteiger partial charge is 0.255 e. The molecule has 0 saturated carbocycles. The molecule has 0 bridgehead atoms. The van der Waals surface area contributed by atoms with Crippen molar-refractivity contribution >= 4 is 44.8 Å². The molecule has 0 unspecified atom stereocenters. The highest BCUT2D eigenvalue weighted by Crippen LogP contribution is 2.21. The zero-order valence-electron chi connectivity index (χ0n) is 11.1. The maximum absolute atomic E-state index is 12.2. The normalized spacial score (nSPS) is 11.3. The van der Waals surface area contributed by atoms with Crippen LogP contribution in [0.15, 0.2) is 52.1 Å². The van der Waals surface area contributed by atoms with Gasteiger partial charge in [0.15, 0.2) is 0 Å². The second-order valence-corrected chi connectivity index (χ2v) is 5.73. The van der Waals surface area contributed by atoms with E-state index in [4.69, 9.17) is 16.8 Å². The van der Waals surface area contributed by atoms with E-state index in [-0.39, 0.29) is 5.91 Å². The van der Waals surface area contributed by atoms with Crippen LogP contribution < -0.4 is 5.32 Å². The molecule has 2 aromatic rings. The largest absolute Gasteiger partial charge is 0.411 e. The molecular weight excluding hydrogens is 356 g/mol. The molecule has 0 radical (unpaired) electrons. The van der Waals surface area contributed by atoms with Crippen LogP contribution in [0.3, 0.4) is 0 Å². The quantitative estimate of drug-likeness (QED) is 0.475. The molecule has 0 fully saturated rings. The molecule has 108 valence electrons. The maximum atomic E-state index is 12.2. The van der Waals surface area contributed by atoms with Gasteiger partial charge in [0.1, 0.15) is 0 Å². The average Bonchev–Trinajstić information content (AvgIpc) is 2.45. The van der Waals surface area contributed by atoms with E-state index >= 15 is 0 Å². The van der Waals surface area contributed by atoms with Crippen LogP contribution in [-0.2, 0) is 0 Å². The summed E-state index contributed by atoms with van der Waals surface area (Å²) in [4.78, 5) is 12.2. The van der Waals surface area contributed by atoms with Gasteiger partial charge in [-0.15, -0.1) is 0 Å². The number of hydrogen-bond acceptors (Lipinski definition) is 3. The fourth-order valence-corrected chi connectivity index (χ4v) is 2.63. The van der Waals surface area contributed by atoms with Crippen molar-refractivity contribution in [2.24, 2.45) is 5.16 Å². The third-order valence-corrected chi connectivity index (χ3v) is 3.49. The van der Waals surface area contributed by atoms with Gasteiger partial charge in [-0.25, -0.2) is 0 Å². The van der Waals surface area contributed by atoms with Gasteiger partial charge in [0.05, 0.1) is 5.71 Å². The second kappa shape index (κ2) is 6.74. The zero-order chi connectivity index (χ0) is 15.4.